The second kappa shape index (κ2) is 6.12. The van der Waals surface area contributed by atoms with Gasteiger partial charge in [-0.05, 0) is 12.1 Å². The minimum atomic E-state index is -0.630. The van der Waals surface area contributed by atoms with Crippen molar-refractivity contribution < 1.29 is 9.47 Å². The number of rotatable bonds is 3. The van der Waals surface area contributed by atoms with Crippen molar-refractivity contribution in [3.8, 4) is 17.6 Å². The maximum Gasteiger partial charge on any atom is 0.332 e. The standard InChI is InChI=1S/C16H16N4O4/c1-19-14(11(7-17)15(21)20(2)16(19)22)18-8-10-9-23-12-5-3-4-6-13(12)24-10/h3-6,10,18H,8-9H2,1-2H3. The summed E-state index contributed by atoms with van der Waals surface area (Å²) in [6, 6.07) is 9.17. The quantitative estimate of drug-likeness (QED) is 0.865. The van der Waals surface area contributed by atoms with Crippen molar-refractivity contribution in [1.82, 2.24) is 9.13 Å². The van der Waals surface area contributed by atoms with Crippen molar-refractivity contribution in [2.75, 3.05) is 18.5 Å². The average molecular weight is 328 g/mol. The third kappa shape index (κ3) is 2.60. The van der Waals surface area contributed by atoms with Gasteiger partial charge in [0.25, 0.3) is 5.56 Å². The molecule has 3 rings (SSSR count). The summed E-state index contributed by atoms with van der Waals surface area (Å²) >= 11 is 0. The van der Waals surface area contributed by atoms with E-state index >= 15 is 0 Å². The van der Waals surface area contributed by atoms with Gasteiger partial charge in [0.1, 0.15) is 24.6 Å². The van der Waals surface area contributed by atoms with Gasteiger partial charge in [-0.2, -0.15) is 5.26 Å². The van der Waals surface area contributed by atoms with Gasteiger partial charge in [0.2, 0.25) is 0 Å². The van der Waals surface area contributed by atoms with E-state index in [1.165, 1.54) is 18.7 Å². The Kier molecular flexibility index (Phi) is 4.00. The Balaban J connectivity index is 1.83. The lowest BCUT2D eigenvalue weighted by molar-refractivity contribution is 0.0996. The monoisotopic (exact) mass is 328 g/mol. The molecular weight excluding hydrogens is 312 g/mol. The second-order valence-electron chi connectivity index (χ2n) is 5.42. The van der Waals surface area contributed by atoms with Crippen LogP contribution in [0.25, 0.3) is 0 Å². The number of nitrogens with one attached hydrogen (secondary N) is 1. The first-order chi connectivity index (χ1) is 11.5. The van der Waals surface area contributed by atoms with Crippen LogP contribution in [0.1, 0.15) is 5.56 Å². The van der Waals surface area contributed by atoms with E-state index in [0.29, 0.717) is 18.1 Å². The van der Waals surface area contributed by atoms with Crippen LogP contribution >= 0.6 is 0 Å². The summed E-state index contributed by atoms with van der Waals surface area (Å²) in [6.45, 7) is 0.605. The van der Waals surface area contributed by atoms with Gasteiger partial charge < -0.3 is 14.8 Å². The van der Waals surface area contributed by atoms with Crippen molar-refractivity contribution in [3.63, 3.8) is 0 Å². The molecule has 0 aliphatic carbocycles. The van der Waals surface area contributed by atoms with E-state index in [1.54, 1.807) is 6.07 Å². The van der Waals surface area contributed by atoms with Crippen molar-refractivity contribution in [1.29, 1.82) is 5.26 Å². The Bertz CT molecular complexity index is 939. The molecule has 1 atom stereocenters. The Morgan fingerprint density at radius 3 is 2.67 bits per heavy atom. The van der Waals surface area contributed by atoms with Gasteiger partial charge in [-0.25, -0.2) is 4.79 Å². The zero-order chi connectivity index (χ0) is 17.3. The predicted molar refractivity (Wildman–Crippen MR) is 86.5 cm³/mol. The molecule has 24 heavy (non-hydrogen) atoms. The number of nitriles is 1. The normalized spacial score (nSPS) is 15.6. The lowest BCUT2D eigenvalue weighted by Gasteiger charge is -2.27. The molecule has 0 bridgehead atoms. The molecule has 0 spiro atoms. The molecule has 2 aromatic rings. The number of anilines is 1. The van der Waals surface area contributed by atoms with Gasteiger partial charge in [0, 0.05) is 14.1 Å². The summed E-state index contributed by atoms with van der Waals surface area (Å²) in [5.41, 5.74) is -1.25. The van der Waals surface area contributed by atoms with E-state index in [9.17, 15) is 14.9 Å². The molecule has 0 saturated heterocycles. The number of benzene rings is 1. The highest BCUT2D eigenvalue weighted by Gasteiger charge is 2.22. The summed E-state index contributed by atoms with van der Waals surface area (Å²) < 4.78 is 13.6. The molecule has 1 aliphatic heterocycles. The van der Waals surface area contributed by atoms with Crippen molar-refractivity contribution in [2.45, 2.75) is 6.10 Å². The summed E-state index contributed by atoms with van der Waals surface area (Å²) in [7, 11) is 2.84. The first-order valence-corrected chi connectivity index (χ1v) is 7.35. The zero-order valence-corrected chi connectivity index (χ0v) is 13.3. The van der Waals surface area contributed by atoms with Crippen LogP contribution in [0.2, 0.25) is 0 Å². The maximum atomic E-state index is 12.0. The van der Waals surface area contributed by atoms with Gasteiger partial charge in [0.05, 0.1) is 6.54 Å². The van der Waals surface area contributed by atoms with Crippen molar-refractivity contribution >= 4 is 5.82 Å². The Morgan fingerprint density at radius 1 is 1.25 bits per heavy atom. The number of para-hydroxylation sites is 2. The Hall–Kier alpha value is -3.21. The average Bonchev–Trinajstić information content (AvgIpc) is 2.61. The van der Waals surface area contributed by atoms with Crippen LogP contribution in [0, 0.1) is 11.3 Å². The first kappa shape index (κ1) is 15.7. The zero-order valence-electron chi connectivity index (χ0n) is 13.3. The highest BCUT2D eigenvalue weighted by atomic mass is 16.6. The summed E-state index contributed by atoms with van der Waals surface area (Å²) in [5, 5.41) is 12.2. The predicted octanol–water partition coefficient (Wildman–Crippen LogP) is 0.208. The maximum absolute atomic E-state index is 12.0. The van der Waals surface area contributed by atoms with Crippen molar-refractivity contribution in [3.05, 3.63) is 50.7 Å². The van der Waals surface area contributed by atoms with E-state index < -0.39 is 11.2 Å². The van der Waals surface area contributed by atoms with Crippen LogP contribution in [-0.2, 0) is 14.1 Å². The highest BCUT2D eigenvalue weighted by molar-refractivity contribution is 5.51. The molecule has 0 amide bonds. The molecule has 1 N–H and O–H groups in total. The molecule has 0 saturated carbocycles. The second-order valence-corrected chi connectivity index (χ2v) is 5.42. The lowest BCUT2D eigenvalue weighted by atomic mass is 10.2. The van der Waals surface area contributed by atoms with E-state index in [-0.39, 0.29) is 24.0 Å². The Morgan fingerprint density at radius 2 is 1.96 bits per heavy atom. The van der Waals surface area contributed by atoms with E-state index in [4.69, 9.17) is 9.47 Å². The molecular formula is C16H16N4O4. The van der Waals surface area contributed by atoms with Gasteiger partial charge >= 0.3 is 5.69 Å². The molecule has 1 unspecified atom stereocenters. The lowest BCUT2D eigenvalue weighted by Crippen LogP contribution is -2.41. The number of hydrogen-bond donors (Lipinski definition) is 1. The van der Waals surface area contributed by atoms with E-state index in [0.717, 1.165) is 4.57 Å². The molecule has 1 aromatic carbocycles. The number of fused-ring (bicyclic) bond motifs is 1. The number of nitrogens with zero attached hydrogens (tertiary/aromatic N) is 3. The molecule has 0 radical (unpaired) electrons. The first-order valence-electron chi connectivity index (χ1n) is 7.35. The molecule has 1 aliphatic rings. The SMILES string of the molecule is Cn1c(NCC2COc3ccccc3O2)c(C#N)c(=O)n(C)c1=O. The summed E-state index contributed by atoms with van der Waals surface area (Å²) in [4.78, 5) is 24.1. The van der Waals surface area contributed by atoms with Crippen LogP contribution in [-0.4, -0.2) is 28.4 Å². The third-order valence-corrected chi connectivity index (χ3v) is 3.84. The van der Waals surface area contributed by atoms with Crippen LogP contribution in [0.4, 0.5) is 5.82 Å². The topological polar surface area (TPSA) is 98.3 Å². The largest absolute Gasteiger partial charge is 0.486 e. The van der Waals surface area contributed by atoms with Crippen molar-refractivity contribution in [2.24, 2.45) is 14.1 Å². The summed E-state index contributed by atoms with van der Waals surface area (Å²) in [6.07, 6.45) is -0.314. The van der Waals surface area contributed by atoms with Gasteiger partial charge in [-0.1, -0.05) is 12.1 Å². The minimum absolute atomic E-state index is 0.114. The fraction of sp³-hybridized carbons (Fsp3) is 0.312. The van der Waals surface area contributed by atoms with Gasteiger partial charge in [0.15, 0.2) is 17.1 Å². The molecule has 2 heterocycles. The molecule has 1 aromatic heterocycles. The van der Waals surface area contributed by atoms with Gasteiger partial charge in [-0.15, -0.1) is 0 Å². The van der Waals surface area contributed by atoms with Crippen LogP contribution in [0.5, 0.6) is 11.5 Å². The fourth-order valence-corrected chi connectivity index (χ4v) is 2.53. The summed E-state index contributed by atoms with van der Waals surface area (Å²) in [5.74, 6) is 1.48. The van der Waals surface area contributed by atoms with Crippen LogP contribution in [0.3, 0.4) is 0 Å². The number of aromatic nitrogens is 2. The molecule has 8 heteroatoms. The van der Waals surface area contributed by atoms with Crippen LogP contribution in [0.15, 0.2) is 33.9 Å². The molecule has 124 valence electrons. The van der Waals surface area contributed by atoms with E-state index in [2.05, 4.69) is 5.32 Å². The molecule has 8 nitrogen and oxygen atoms in total. The minimum Gasteiger partial charge on any atom is -0.486 e. The number of ether oxygens (including phenoxy) is 2. The highest BCUT2D eigenvalue weighted by Crippen LogP contribution is 2.30. The van der Waals surface area contributed by atoms with E-state index in [1.807, 2.05) is 24.3 Å². The Labute approximate surface area is 137 Å². The number of hydrogen-bond acceptors (Lipinski definition) is 6. The fourth-order valence-electron chi connectivity index (χ4n) is 2.53. The van der Waals surface area contributed by atoms with Gasteiger partial charge in [-0.3, -0.25) is 13.9 Å². The smallest absolute Gasteiger partial charge is 0.332 e. The molecule has 0 fully saturated rings. The third-order valence-electron chi connectivity index (χ3n) is 3.84. The van der Waals surface area contributed by atoms with Crippen LogP contribution < -0.4 is 26.0 Å².